The van der Waals surface area contributed by atoms with E-state index in [1.54, 1.807) is 18.5 Å². The van der Waals surface area contributed by atoms with Gasteiger partial charge < -0.3 is 5.11 Å². The van der Waals surface area contributed by atoms with Crippen LogP contribution < -0.4 is 0 Å². The molecule has 0 saturated heterocycles. The SMILES string of the molecule is OCc1[nH]nc2ccncc12. The van der Waals surface area contributed by atoms with Gasteiger partial charge in [-0.15, -0.1) is 0 Å². The van der Waals surface area contributed by atoms with Gasteiger partial charge in [0.15, 0.2) is 0 Å². The van der Waals surface area contributed by atoms with Gasteiger partial charge in [-0.05, 0) is 6.07 Å². The van der Waals surface area contributed by atoms with Crippen LogP contribution in [0, 0.1) is 0 Å². The maximum absolute atomic E-state index is 8.83. The van der Waals surface area contributed by atoms with Crippen molar-refractivity contribution in [2.75, 3.05) is 0 Å². The molecule has 0 aromatic carbocycles. The zero-order valence-corrected chi connectivity index (χ0v) is 5.78. The normalized spacial score (nSPS) is 10.6. The Morgan fingerprint density at radius 3 is 3.27 bits per heavy atom. The lowest BCUT2D eigenvalue weighted by molar-refractivity contribution is 0.278. The highest BCUT2D eigenvalue weighted by Gasteiger charge is 2.01. The Hall–Kier alpha value is -1.42. The van der Waals surface area contributed by atoms with Gasteiger partial charge in [-0.3, -0.25) is 10.1 Å². The van der Waals surface area contributed by atoms with Crippen LogP contribution in [0.5, 0.6) is 0 Å². The summed E-state index contributed by atoms with van der Waals surface area (Å²) in [5, 5.41) is 16.4. The van der Waals surface area contributed by atoms with Crippen molar-refractivity contribution in [3.05, 3.63) is 24.2 Å². The van der Waals surface area contributed by atoms with Crippen LogP contribution >= 0.6 is 0 Å². The summed E-state index contributed by atoms with van der Waals surface area (Å²) in [6, 6.07) is 1.80. The fourth-order valence-electron chi connectivity index (χ4n) is 1.03. The summed E-state index contributed by atoms with van der Waals surface area (Å²) in [6.07, 6.45) is 3.36. The van der Waals surface area contributed by atoms with E-state index in [0.717, 1.165) is 10.9 Å². The number of aromatic nitrogens is 3. The molecule has 0 fully saturated rings. The third-order valence-electron chi connectivity index (χ3n) is 1.59. The summed E-state index contributed by atoms with van der Waals surface area (Å²) < 4.78 is 0. The molecule has 0 aliphatic heterocycles. The molecule has 0 bridgehead atoms. The zero-order chi connectivity index (χ0) is 7.68. The Morgan fingerprint density at radius 1 is 1.55 bits per heavy atom. The summed E-state index contributed by atoms with van der Waals surface area (Å²) in [7, 11) is 0. The quantitative estimate of drug-likeness (QED) is 0.618. The summed E-state index contributed by atoms with van der Waals surface area (Å²) in [5.74, 6) is 0. The lowest BCUT2D eigenvalue weighted by Crippen LogP contribution is -1.82. The molecule has 2 rings (SSSR count). The standard InChI is InChI=1S/C7H7N3O/c11-4-7-5-3-8-2-1-6(5)9-10-7/h1-3,11H,4H2,(H,9,10). The average molecular weight is 149 g/mol. The second-order valence-electron chi connectivity index (χ2n) is 2.25. The van der Waals surface area contributed by atoms with Crippen LogP contribution in [-0.2, 0) is 6.61 Å². The lowest BCUT2D eigenvalue weighted by Gasteiger charge is -1.88. The smallest absolute Gasteiger partial charge is 0.0955 e. The van der Waals surface area contributed by atoms with E-state index in [9.17, 15) is 0 Å². The van der Waals surface area contributed by atoms with Crippen molar-refractivity contribution in [2.45, 2.75) is 6.61 Å². The maximum atomic E-state index is 8.83. The van der Waals surface area contributed by atoms with Gasteiger partial charge >= 0.3 is 0 Å². The Labute approximate surface area is 62.9 Å². The number of aliphatic hydroxyl groups is 1. The molecular formula is C7H7N3O. The maximum Gasteiger partial charge on any atom is 0.0955 e. The van der Waals surface area contributed by atoms with Gasteiger partial charge in [-0.1, -0.05) is 0 Å². The Balaban J connectivity index is 2.76. The van der Waals surface area contributed by atoms with Gasteiger partial charge in [0.25, 0.3) is 0 Å². The van der Waals surface area contributed by atoms with Gasteiger partial charge in [0.05, 0.1) is 17.8 Å². The van der Waals surface area contributed by atoms with Gasteiger partial charge in [-0.25, -0.2) is 0 Å². The summed E-state index contributed by atoms with van der Waals surface area (Å²) in [5.41, 5.74) is 1.55. The van der Waals surface area contributed by atoms with Crippen molar-refractivity contribution in [3.8, 4) is 0 Å². The topological polar surface area (TPSA) is 61.8 Å². The molecule has 2 N–H and O–H groups in total. The second-order valence-corrected chi connectivity index (χ2v) is 2.25. The third-order valence-corrected chi connectivity index (χ3v) is 1.59. The minimum Gasteiger partial charge on any atom is -0.390 e. The summed E-state index contributed by atoms with van der Waals surface area (Å²) >= 11 is 0. The van der Waals surface area contributed by atoms with Crippen molar-refractivity contribution in [3.63, 3.8) is 0 Å². The van der Waals surface area contributed by atoms with E-state index in [1.165, 1.54) is 0 Å². The third kappa shape index (κ3) is 0.877. The van der Waals surface area contributed by atoms with Crippen molar-refractivity contribution in [1.82, 2.24) is 15.2 Å². The first-order valence-corrected chi connectivity index (χ1v) is 3.29. The number of H-pyrrole nitrogens is 1. The van der Waals surface area contributed by atoms with Gasteiger partial charge in [0.2, 0.25) is 0 Å². The van der Waals surface area contributed by atoms with Crippen LogP contribution in [0.2, 0.25) is 0 Å². The molecule has 4 heteroatoms. The Morgan fingerprint density at radius 2 is 2.45 bits per heavy atom. The largest absolute Gasteiger partial charge is 0.390 e. The molecule has 0 unspecified atom stereocenters. The van der Waals surface area contributed by atoms with Crippen LogP contribution in [0.4, 0.5) is 0 Å². The number of fused-ring (bicyclic) bond motifs is 1. The number of aromatic amines is 1. The Bertz CT molecular complexity index is 368. The number of rotatable bonds is 1. The molecule has 0 radical (unpaired) electrons. The molecule has 0 aliphatic carbocycles. The van der Waals surface area contributed by atoms with Crippen molar-refractivity contribution in [2.24, 2.45) is 0 Å². The fourth-order valence-corrected chi connectivity index (χ4v) is 1.03. The number of aliphatic hydroxyl groups excluding tert-OH is 1. The first-order chi connectivity index (χ1) is 5.42. The molecule has 4 nitrogen and oxygen atoms in total. The molecule has 0 saturated carbocycles. The minimum absolute atomic E-state index is 0.0256. The summed E-state index contributed by atoms with van der Waals surface area (Å²) in [4.78, 5) is 3.92. The molecule has 0 aliphatic rings. The van der Waals surface area contributed by atoms with Crippen molar-refractivity contribution < 1.29 is 5.11 Å². The zero-order valence-electron chi connectivity index (χ0n) is 5.78. The van der Waals surface area contributed by atoms with E-state index in [-0.39, 0.29) is 6.61 Å². The Kier molecular flexibility index (Phi) is 1.33. The van der Waals surface area contributed by atoms with Gasteiger partial charge in [-0.2, -0.15) is 5.10 Å². The van der Waals surface area contributed by atoms with E-state index in [2.05, 4.69) is 15.2 Å². The highest BCUT2D eigenvalue weighted by atomic mass is 16.3. The molecule has 2 aromatic rings. The first-order valence-electron chi connectivity index (χ1n) is 3.29. The lowest BCUT2D eigenvalue weighted by atomic mass is 10.3. The van der Waals surface area contributed by atoms with E-state index >= 15 is 0 Å². The molecular weight excluding hydrogens is 142 g/mol. The summed E-state index contributed by atoms with van der Waals surface area (Å²) in [6.45, 7) is -0.0256. The highest BCUT2D eigenvalue weighted by molar-refractivity contribution is 5.79. The van der Waals surface area contributed by atoms with Crippen LogP contribution in [0.15, 0.2) is 18.5 Å². The van der Waals surface area contributed by atoms with Crippen LogP contribution in [0.25, 0.3) is 10.9 Å². The monoisotopic (exact) mass is 149 g/mol. The number of nitrogens with one attached hydrogen (secondary N) is 1. The van der Waals surface area contributed by atoms with E-state index < -0.39 is 0 Å². The predicted octanol–water partition coefficient (Wildman–Crippen LogP) is 0.450. The molecule has 0 amide bonds. The number of pyridine rings is 1. The molecule has 2 heterocycles. The van der Waals surface area contributed by atoms with Crippen molar-refractivity contribution in [1.29, 1.82) is 0 Å². The van der Waals surface area contributed by atoms with Gasteiger partial charge in [0.1, 0.15) is 0 Å². The minimum atomic E-state index is -0.0256. The van der Waals surface area contributed by atoms with Gasteiger partial charge in [0, 0.05) is 17.8 Å². The second kappa shape index (κ2) is 2.32. The van der Waals surface area contributed by atoms with Crippen LogP contribution in [-0.4, -0.2) is 20.3 Å². The number of hydrogen-bond donors (Lipinski definition) is 2. The van der Waals surface area contributed by atoms with Crippen molar-refractivity contribution >= 4 is 10.9 Å². The average Bonchev–Trinajstić information content (AvgIpc) is 2.47. The molecule has 2 aromatic heterocycles. The molecule has 11 heavy (non-hydrogen) atoms. The van der Waals surface area contributed by atoms with Crippen LogP contribution in [0.3, 0.4) is 0 Å². The molecule has 0 atom stereocenters. The molecule has 0 spiro atoms. The van der Waals surface area contributed by atoms with E-state index in [4.69, 9.17) is 5.11 Å². The van der Waals surface area contributed by atoms with Crippen LogP contribution in [0.1, 0.15) is 5.69 Å². The predicted molar refractivity (Wildman–Crippen MR) is 39.8 cm³/mol. The number of hydrogen-bond acceptors (Lipinski definition) is 3. The fraction of sp³-hybridized carbons (Fsp3) is 0.143. The highest BCUT2D eigenvalue weighted by Crippen LogP contribution is 2.12. The number of nitrogens with zero attached hydrogens (tertiary/aromatic N) is 2. The van der Waals surface area contributed by atoms with E-state index in [1.807, 2.05) is 0 Å². The molecule has 56 valence electrons. The first kappa shape index (κ1) is 6.30. The van der Waals surface area contributed by atoms with E-state index in [0.29, 0.717) is 5.69 Å².